The van der Waals surface area contributed by atoms with Crippen LogP contribution in [0.3, 0.4) is 0 Å². The van der Waals surface area contributed by atoms with Crippen molar-refractivity contribution in [2.24, 2.45) is 0 Å². The normalized spacial score (nSPS) is 19.8. The van der Waals surface area contributed by atoms with Crippen molar-refractivity contribution in [1.29, 1.82) is 0 Å². The first-order chi connectivity index (χ1) is 8.31. The van der Waals surface area contributed by atoms with Crippen LogP contribution in [0.1, 0.15) is 12.8 Å². The molecule has 1 aromatic rings. The fraction of sp³-hybridized carbons (Fsp3) is 0.538. The van der Waals surface area contributed by atoms with Crippen LogP contribution >= 0.6 is 0 Å². The summed E-state index contributed by atoms with van der Waals surface area (Å²) >= 11 is 0. The Morgan fingerprint density at radius 2 is 1.71 bits per heavy atom. The van der Waals surface area contributed by atoms with Gasteiger partial charge < -0.3 is 19.5 Å². The lowest BCUT2D eigenvalue weighted by Gasteiger charge is -2.24. The molecular formula is C13H19NO3. The van der Waals surface area contributed by atoms with Gasteiger partial charge in [-0.15, -0.1) is 0 Å². The Hall–Kier alpha value is -1.42. The van der Waals surface area contributed by atoms with Crippen molar-refractivity contribution in [2.45, 2.75) is 18.9 Å². The van der Waals surface area contributed by atoms with Gasteiger partial charge in [0.15, 0.2) is 0 Å². The van der Waals surface area contributed by atoms with Gasteiger partial charge in [0.25, 0.3) is 0 Å². The number of hydrogen-bond donors (Lipinski definition) is 1. The third-order valence-electron chi connectivity index (χ3n) is 2.88. The van der Waals surface area contributed by atoms with Gasteiger partial charge in [0.1, 0.15) is 23.4 Å². The maximum atomic E-state index is 5.92. The lowest BCUT2D eigenvalue weighted by Crippen LogP contribution is -2.37. The molecule has 1 heterocycles. The minimum atomic E-state index is 0.237. The topological polar surface area (TPSA) is 39.7 Å². The molecular weight excluding hydrogens is 218 g/mol. The molecule has 94 valence electrons. The zero-order valence-electron chi connectivity index (χ0n) is 10.4. The molecule has 0 spiro atoms. The van der Waals surface area contributed by atoms with Gasteiger partial charge in [0.05, 0.1) is 14.2 Å². The van der Waals surface area contributed by atoms with E-state index < -0.39 is 0 Å². The number of hydrogen-bond acceptors (Lipinski definition) is 4. The predicted octanol–water partition coefficient (Wildman–Crippen LogP) is 1.83. The maximum Gasteiger partial charge on any atom is 0.127 e. The first-order valence-corrected chi connectivity index (χ1v) is 5.92. The number of nitrogens with one attached hydrogen (secondary N) is 1. The van der Waals surface area contributed by atoms with Gasteiger partial charge in [0.2, 0.25) is 0 Å². The Morgan fingerprint density at radius 1 is 1.06 bits per heavy atom. The monoisotopic (exact) mass is 237 g/mol. The second-order valence-electron chi connectivity index (χ2n) is 4.13. The molecule has 0 bridgehead atoms. The summed E-state index contributed by atoms with van der Waals surface area (Å²) in [6.45, 7) is 1.99. The third-order valence-corrected chi connectivity index (χ3v) is 2.88. The van der Waals surface area contributed by atoms with Crippen LogP contribution in [0.25, 0.3) is 0 Å². The molecule has 1 aliphatic heterocycles. The quantitative estimate of drug-likeness (QED) is 0.867. The van der Waals surface area contributed by atoms with Gasteiger partial charge in [-0.3, -0.25) is 0 Å². The largest absolute Gasteiger partial charge is 0.496 e. The van der Waals surface area contributed by atoms with Crippen LogP contribution in [-0.4, -0.2) is 33.4 Å². The molecule has 1 N–H and O–H groups in total. The summed E-state index contributed by atoms with van der Waals surface area (Å²) in [4.78, 5) is 0. The van der Waals surface area contributed by atoms with Crippen molar-refractivity contribution < 1.29 is 14.2 Å². The van der Waals surface area contributed by atoms with Crippen LogP contribution in [0.5, 0.6) is 17.2 Å². The number of benzene rings is 1. The molecule has 1 aromatic carbocycles. The average Bonchev–Trinajstić information content (AvgIpc) is 2.39. The van der Waals surface area contributed by atoms with Crippen LogP contribution in [-0.2, 0) is 0 Å². The molecule has 0 aromatic heterocycles. The van der Waals surface area contributed by atoms with Gasteiger partial charge in [-0.25, -0.2) is 0 Å². The third kappa shape index (κ3) is 3.27. The highest BCUT2D eigenvalue weighted by molar-refractivity contribution is 5.42. The van der Waals surface area contributed by atoms with Crippen molar-refractivity contribution in [3.8, 4) is 17.2 Å². The number of methoxy groups -OCH3 is 2. The molecule has 2 rings (SSSR count). The number of piperidine rings is 1. The van der Waals surface area contributed by atoms with Crippen molar-refractivity contribution in [3.05, 3.63) is 18.2 Å². The molecule has 1 fully saturated rings. The summed E-state index contributed by atoms with van der Waals surface area (Å²) in [5, 5.41) is 3.32. The van der Waals surface area contributed by atoms with Crippen molar-refractivity contribution in [1.82, 2.24) is 5.32 Å². The van der Waals surface area contributed by atoms with Crippen LogP contribution < -0.4 is 19.5 Å². The van der Waals surface area contributed by atoms with E-state index in [1.54, 1.807) is 14.2 Å². The van der Waals surface area contributed by atoms with Gasteiger partial charge >= 0.3 is 0 Å². The van der Waals surface area contributed by atoms with Gasteiger partial charge in [-0.05, 0) is 19.4 Å². The molecule has 0 radical (unpaired) electrons. The second kappa shape index (κ2) is 5.77. The lowest BCUT2D eigenvalue weighted by atomic mass is 10.1. The van der Waals surface area contributed by atoms with Crippen molar-refractivity contribution in [2.75, 3.05) is 27.3 Å². The molecule has 4 nitrogen and oxygen atoms in total. The average molecular weight is 237 g/mol. The van der Waals surface area contributed by atoms with E-state index >= 15 is 0 Å². The molecule has 4 heteroatoms. The summed E-state index contributed by atoms with van der Waals surface area (Å²) in [5.74, 6) is 2.31. The van der Waals surface area contributed by atoms with E-state index in [4.69, 9.17) is 14.2 Å². The molecule has 1 saturated heterocycles. The Balaban J connectivity index is 2.07. The zero-order chi connectivity index (χ0) is 12.1. The molecule has 0 aliphatic carbocycles. The standard InChI is InChI=1S/C13H19NO3/c1-15-11-6-12(16-2)8-13(7-11)17-10-4-3-5-14-9-10/h6-8,10,14H,3-5,9H2,1-2H3. The summed E-state index contributed by atoms with van der Waals surface area (Å²) in [7, 11) is 3.28. The van der Waals surface area contributed by atoms with E-state index in [1.807, 2.05) is 18.2 Å². The SMILES string of the molecule is COc1cc(OC)cc(OC2CCCNC2)c1. The predicted molar refractivity (Wildman–Crippen MR) is 66.1 cm³/mol. The highest BCUT2D eigenvalue weighted by atomic mass is 16.5. The van der Waals surface area contributed by atoms with Crippen LogP contribution in [0.4, 0.5) is 0 Å². The second-order valence-corrected chi connectivity index (χ2v) is 4.13. The first-order valence-electron chi connectivity index (χ1n) is 5.92. The van der Waals surface area contributed by atoms with Crippen LogP contribution in [0.15, 0.2) is 18.2 Å². The Labute approximate surface area is 102 Å². The highest BCUT2D eigenvalue weighted by Crippen LogP contribution is 2.28. The minimum Gasteiger partial charge on any atom is -0.496 e. The summed E-state index contributed by atoms with van der Waals surface area (Å²) < 4.78 is 16.3. The van der Waals surface area contributed by atoms with E-state index in [9.17, 15) is 0 Å². The number of rotatable bonds is 4. The molecule has 1 unspecified atom stereocenters. The molecule has 0 saturated carbocycles. The molecule has 0 amide bonds. The molecule has 17 heavy (non-hydrogen) atoms. The summed E-state index contributed by atoms with van der Waals surface area (Å²) in [5.41, 5.74) is 0. The highest BCUT2D eigenvalue weighted by Gasteiger charge is 2.15. The maximum absolute atomic E-state index is 5.92. The molecule has 1 aliphatic rings. The van der Waals surface area contributed by atoms with Gasteiger partial charge in [-0.2, -0.15) is 0 Å². The van der Waals surface area contributed by atoms with Gasteiger partial charge in [-0.1, -0.05) is 0 Å². The van der Waals surface area contributed by atoms with Gasteiger partial charge in [0, 0.05) is 24.7 Å². The number of ether oxygens (including phenoxy) is 3. The lowest BCUT2D eigenvalue weighted by molar-refractivity contribution is 0.166. The summed E-state index contributed by atoms with van der Waals surface area (Å²) in [6.07, 6.45) is 2.48. The first kappa shape index (κ1) is 12.0. The Kier molecular flexibility index (Phi) is 4.09. The Bertz CT molecular complexity index is 339. The van der Waals surface area contributed by atoms with E-state index in [0.717, 1.165) is 43.2 Å². The van der Waals surface area contributed by atoms with Crippen LogP contribution in [0, 0.1) is 0 Å². The van der Waals surface area contributed by atoms with E-state index in [2.05, 4.69) is 5.32 Å². The van der Waals surface area contributed by atoms with E-state index in [-0.39, 0.29) is 6.10 Å². The van der Waals surface area contributed by atoms with Crippen LogP contribution in [0.2, 0.25) is 0 Å². The van der Waals surface area contributed by atoms with E-state index in [1.165, 1.54) is 0 Å². The van der Waals surface area contributed by atoms with E-state index in [0.29, 0.717) is 0 Å². The fourth-order valence-corrected chi connectivity index (χ4v) is 1.96. The zero-order valence-corrected chi connectivity index (χ0v) is 10.4. The van der Waals surface area contributed by atoms with Crippen molar-refractivity contribution >= 4 is 0 Å². The minimum absolute atomic E-state index is 0.237. The smallest absolute Gasteiger partial charge is 0.127 e. The summed E-state index contributed by atoms with van der Waals surface area (Å²) in [6, 6.07) is 5.61. The Morgan fingerprint density at radius 3 is 2.24 bits per heavy atom. The fourth-order valence-electron chi connectivity index (χ4n) is 1.96. The van der Waals surface area contributed by atoms with Crippen molar-refractivity contribution in [3.63, 3.8) is 0 Å². The molecule has 1 atom stereocenters.